The average molecular weight is 305 g/mol. The number of hydrogen-bond acceptors (Lipinski definition) is 5. The van der Waals surface area contributed by atoms with Crippen LogP contribution in [0.25, 0.3) is 10.9 Å². The molecule has 0 radical (unpaired) electrons. The SMILES string of the molecule is CCNC(C)(CO)CCCSc1ncnc2ccccc12. The van der Waals surface area contributed by atoms with Crippen LogP contribution in [0.4, 0.5) is 0 Å². The summed E-state index contributed by atoms with van der Waals surface area (Å²) < 4.78 is 0. The molecule has 114 valence electrons. The Morgan fingerprint density at radius 3 is 2.86 bits per heavy atom. The lowest BCUT2D eigenvalue weighted by Gasteiger charge is -2.28. The van der Waals surface area contributed by atoms with Gasteiger partial charge >= 0.3 is 0 Å². The predicted molar refractivity (Wildman–Crippen MR) is 88.7 cm³/mol. The molecule has 1 atom stereocenters. The number of aliphatic hydroxyl groups excluding tert-OH is 1. The monoisotopic (exact) mass is 305 g/mol. The number of benzene rings is 1. The maximum Gasteiger partial charge on any atom is 0.117 e. The van der Waals surface area contributed by atoms with Gasteiger partial charge in [0.05, 0.1) is 12.1 Å². The molecule has 1 heterocycles. The zero-order chi connectivity index (χ0) is 15.1. The first kappa shape index (κ1) is 16.2. The molecule has 0 fully saturated rings. The predicted octanol–water partition coefficient (Wildman–Crippen LogP) is 2.86. The van der Waals surface area contributed by atoms with E-state index in [-0.39, 0.29) is 12.1 Å². The van der Waals surface area contributed by atoms with E-state index < -0.39 is 0 Å². The molecule has 2 rings (SSSR count). The van der Waals surface area contributed by atoms with Crippen molar-refractivity contribution in [3.8, 4) is 0 Å². The first-order valence-electron chi connectivity index (χ1n) is 7.37. The molecule has 2 N–H and O–H groups in total. The molecule has 0 spiro atoms. The Morgan fingerprint density at radius 2 is 2.10 bits per heavy atom. The standard InChI is InChI=1S/C16H23N3OS/c1-3-19-16(2,11-20)9-6-10-21-15-13-7-4-5-8-14(13)17-12-18-15/h4-5,7-8,12,19-20H,3,6,9-11H2,1-2H3. The lowest BCUT2D eigenvalue weighted by atomic mass is 9.97. The lowest BCUT2D eigenvalue weighted by molar-refractivity contribution is 0.167. The van der Waals surface area contributed by atoms with Crippen molar-refractivity contribution in [2.24, 2.45) is 0 Å². The van der Waals surface area contributed by atoms with Gasteiger partial charge < -0.3 is 10.4 Å². The molecule has 0 aliphatic heterocycles. The largest absolute Gasteiger partial charge is 0.394 e. The van der Waals surface area contributed by atoms with Crippen LogP contribution < -0.4 is 5.32 Å². The van der Waals surface area contributed by atoms with Crippen molar-refractivity contribution >= 4 is 22.7 Å². The number of para-hydroxylation sites is 1. The highest BCUT2D eigenvalue weighted by Gasteiger charge is 2.20. The summed E-state index contributed by atoms with van der Waals surface area (Å²) >= 11 is 1.76. The van der Waals surface area contributed by atoms with Crippen LogP contribution in [0.15, 0.2) is 35.6 Å². The minimum absolute atomic E-state index is 0.169. The van der Waals surface area contributed by atoms with Gasteiger partial charge in [-0.2, -0.15) is 0 Å². The summed E-state index contributed by atoms with van der Waals surface area (Å²) in [6.07, 6.45) is 3.61. The highest BCUT2D eigenvalue weighted by atomic mass is 32.2. The van der Waals surface area contributed by atoms with Crippen LogP contribution in [-0.4, -0.2) is 39.5 Å². The molecule has 21 heavy (non-hydrogen) atoms. The number of nitrogens with one attached hydrogen (secondary N) is 1. The van der Waals surface area contributed by atoms with Crippen molar-refractivity contribution in [2.45, 2.75) is 37.3 Å². The van der Waals surface area contributed by atoms with E-state index in [1.807, 2.05) is 18.2 Å². The average Bonchev–Trinajstić information content (AvgIpc) is 2.52. The zero-order valence-corrected chi connectivity index (χ0v) is 13.5. The van der Waals surface area contributed by atoms with E-state index in [1.54, 1.807) is 18.1 Å². The van der Waals surface area contributed by atoms with Crippen LogP contribution in [0.1, 0.15) is 26.7 Å². The summed E-state index contributed by atoms with van der Waals surface area (Å²) in [7, 11) is 0. The molecule has 0 bridgehead atoms. The van der Waals surface area contributed by atoms with E-state index in [2.05, 4.69) is 35.2 Å². The number of nitrogens with zero attached hydrogens (tertiary/aromatic N) is 2. The fourth-order valence-electron chi connectivity index (χ4n) is 2.38. The van der Waals surface area contributed by atoms with Crippen molar-refractivity contribution < 1.29 is 5.11 Å². The highest BCUT2D eigenvalue weighted by molar-refractivity contribution is 7.99. The van der Waals surface area contributed by atoms with E-state index in [9.17, 15) is 5.11 Å². The molecule has 1 aromatic carbocycles. The van der Waals surface area contributed by atoms with Gasteiger partial charge in [0.25, 0.3) is 0 Å². The number of aromatic nitrogens is 2. The molecule has 0 aliphatic carbocycles. The fraction of sp³-hybridized carbons (Fsp3) is 0.500. The zero-order valence-electron chi connectivity index (χ0n) is 12.7. The summed E-state index contributed by atoms with van der Waals surface area (Å²) in [5, 5.41) is 15.0. The number of aliphatic hydroxyl groups is 1. The normalized spacial score (nSPS) is 14.2. The number of fused-ring (bicyclic) bond motifs is 1. The fourth-order valence-corrected chi connectivity index (χ4v) is 3.31. The third-order valence-electron chi connectivity index (χ3n) is 3.57. The van der Waals surface area contributed by atoms with Crippen molar-refractivity contribution in [3.05, 3.63) is 30.6 Å². The summed E-state index contributed by atoms with van der Waals surface area (Å²) in [6.45, 7) is 5.18. The minimum atomic E-state index is -0.178. The summed E-state index contributed by atoms with van der Waals surface area (Å²) in [5.41, 5.74) is 0.811. The van der Waals surface area contributed by atoms with Gasteiger partial charge in [-0.05, 0) is 38.1 Å². The second-order valence-electron chi connectivity index (χ2n) is 5.40. The van der Waals surface area contributed by atoms with Crippen molar-refractivity contribution in [2.75, 3.05) is 18.9 Å². The van der Waals surface area contributed by atoms with Gasteiger partial charge in [-0.1, -0.05) is 25.1 Å². The maximum absolute atomic E-state index is 9.48. The summed E-state index contributed by atoms with van der Waals surface area (Å²) in [6, 6.07) is 8.08. The van der Waals surface area contributed by atoms with Crippen LogP contribution in [0.5, 0.6) is 0 Å². The number of thioether (sulfide) groups is 1. The molecule has 0 aliphatic rings. The molecule has 0 saturated heterocycles. The van der Waals surface area contributed by atoms with Crippen LogP contribution in [-0.2, 0) is 0 Å². The van der Waals surface area contributed by atoms with E-state index in [4.69, 9.17) is 0 Å². The summed E-state index contributed by atoms with van der Waals surface area (Å²) in [5.74, 6) is 0.988. The molecule has 1 unspecified atom stereocenters. The van der Waals surface area contributed by atoms with E-state index >= 15 is 0 Å². The van der Waals surface area contributed by atoms with E-state index in [0.717, 1.165) is 41.1 Å². The Hall–Kier alpha value is -1.17. The van der Waals surface area contributed by atoms with Crippen LogP contribution in [0, 0.1) is 0 Å². The smallest absolute Gasteiger partial charge is 0.117 e. The van der Waals surface area contributed by atoms with Crippen LogP contribution >= 0.6 is 11.8 Å². The molecule has 0 saturated carbocycles. The van der Waals surface area contributed by atoms with Gasteiger partial charge in [0, 0.05) is 10.9 Å². The van der Waals surface area contributed by atoms with Crippen molar-refractivity contribution in [3.63, 3.8) is 0 Å². The third-order valence-corrected chi connectivity index (χ3v) is 4.66. The molecular formula is C16H23N3OS. The molecule has 5 heteroatoms. The molecule has 4 nitrogen and oxygen atoms in total. The Bertz CT molecular complexity index is 573. The van der Waals surface area contributed by atoms with Gasteiger partial charge in [0.15, 0.2) is 0 Å². The van der Waals surface area contributed by atoms with Crippen LogP contribution in [0.3, 0.4) is 0 Å². The van der Waals surface area contributed by atoms with Gasteiger partial charge in [-0.3, -0.25) is 0 Å². The first-order valence-corrected chi connectivity index (χ1v) is 8.35. The summed E-state index contributed by atoms with van der Waals surface area (Å²) in [4.78, 5) is 8.66. The van der Waals surface area contributed by atoms with E-state index in [0.29, 0.717) is 0 Å². The van der Waals surface area contributed by atoms with Crippen molar-refractivity contribution in [1.29, 1.82) is 0 Å². The van der Waals surface area contributed by atoms with Gasteiger partial charge in [0.2, 0.25) is 0 Å². The highest BCUT2D eigenvalue weighted by Crippen LogP contribution is 2.25. The van der Waals surface area contributed by atoms with Gasteiger partial charge in [-0.15, -0.1) is 11.8 Å². The Morgan fingerprint density at radius 1 is 1.29 bits per heavy atom. The lowest BCUT2D eigenvalue weighted by Crippen LogP contribution is -2.45. The number of hydrogen-bond donors (Lipinski definition) is 2. The van der Waals surface area contributed by atoms with Gasteiger partial charge in [0.1, 0.15) is 11.4 Å². The topological polar surface area (TPSA) is 58.0 Å². The van der Waals surface area contributed by atoms with Gasteiger partial charge in [-0.25, -0.2) is 9.97 Å². The van der Waals surface area contributed by atoms with Crippen molar-refractivity contribution in [1.82, 2.24) is 15.3 Å². The Balaban J connectivity index is 1.91. The third kappa shape index (κ3) is 4.40. The van der Waals surface area contributed by atoms with Crippen LogP contribution in [0.2, 0.25) is 0 Å². The molecular weight excluding hydrogens is 282 g/mol. The number of likely N-dealkylation sites (N-methyl/N-ethyl adjacent to an activating group) is 1. The molecule has 0 amide bonds. The second kappa shape index (κ2) is 7.73. The molecule has 1 aromatic heterocycles. The minimum Gasteiger partial charge on any atom is -0.394 e. The van der Waals surface area contributed by atoms with E-state index in [1.165, 1.54) is 0 Å². The quantitative estimate of drug-likeness (QED) is 0.446. The Kier molecular flexibility index (Phi) is 5.96. The second-order valence-corrected chi connectivity index (χ2v) is 6.48. The number of rotatable bonds is 8. The Labute approximate surface area is 130 Å². The molecule has 2 aromatic rings. The maximum atomic E-state index is 9.48. The first-order chi connectivity index (χ1) is 10.2.